The SMILES string of the molecule is CC(C)c1cc(-c2ccc([Si](C)(C)C)cc2)cc(C(C)C)c1-n1c(-c2cccc3c2oc2cccc(C(C)(C)C)c23)nc2ccccc21. The van der Waals surface area contributed by atoms with Gasteiger partial charge in [-0.2, -0.15) is 0 Å². The summed E-state index contributed by atoms with van der Waals surface area (Å²) in [7, 11) is -1.39. The van der Waals surface area contributed by atoms with Gasteiger partial charge in [-0.1, -0.05) is 134 Å². The Kier molecular flexibility index (Phi) is 7.79. The number of para-hydroxylation sites is 3. The number of furan rings is 1. The number of benzene rings is 5. The molecule has 0 saturated heterocycles. The van der Waals surface area contributed by atoms with Gasteiger partial charge in [0.05, 0.1) is 30.4 Å². The van der Waals surface area contributed by atoms with Gasteiger partial charge in [-0.05, 0) is 81.5 Å². The Morgan fingerprint density at radius 1 is 0.708 bits per heavy atom. The lowest BCUT2D eigenvalue weighted by molar-refractivity contribution is 0.594. The van der Waals surface area contributed by atoms with Crippen LogP contribution in [-0.2, 0) is 5.41 Å². The molecule has 0 aliphatic heterocycles. The molecule has 0 bridgehead atoms. The summed E-state index contributed by atoms with van der Waals surface area (Å²) in [6.45, 7) is 23.3. The first-order chi connectivity index (χ1) is 22.7. The van der Waals surface area contributed by atoms with Crippen LogP contribution < -0.4 is 5.19 Å². The standard InChI is InChI=1S/C44H48N2OSi/c1-27(2)34-25-30(29-21-23-31(24-22-29)48(8,9)10)26-35(28(3)4)41(34)46-38-19-12-11-18-37(38)45-43(46)33-16-13-15-32-40-36(44(5,6)7)17-14-20-39(40)47-42(32)33/h11-28H,1-10H3. The third-order valence-corrected chi connectivity index (χ3v) is 11.9. The number of rotatable bonds is 6. The van der Waals surface area contributed by atoms with E-state index in [4.69, 9.17) is 9.40 Å². The highest BCUT2D eigenvalue weighted by molar-refractivity contribution is 6.88. The van der Waals surface area contributed by atoms with Crippen LogP contribution in [0.1, 0.15) is 77.0 Å². The van der Waals surface area contributed by atoms with Crippen LogP contribution in [0.4, 0.5) is 0 Å². The number of aromatic nitrogens is 2. The second-order valence-electron chi connectivity index (χ2n) is 16.1. The predicted octanol–water partition coefficient (Wildman–Crippen LogP) is 12.3. The van der Waals surface area contributed by atoms with Gasteiger partial charge in [0.2, 0.25) is 0 Å². The van der Waals surface area contributed by atoms with E-state index in [0.717, 1.165) is 39.0 Å². The van der Waals surface area contributed by atoms with Gasteiger partial charge in [0.1, 0.15) is 17.0 Å². The fraction of sp³-hybridized carbons (Fsp3) is 0.295. The number of hydrogen-bond acceptors (Lipinski definition) is 2. The van der Waals surface area contributed by atoms with Gasteiger partial charge < -0.3 is 4.42 Å². The fourth-order valence-corrected chi connectivity index (χ4v) is 8.40. The van der Waals surface area contributed by atoms with Crippen molar-refractivity contribution < 1.29 is 4.42 Å². The summed E-state index contributed by atoms with van der Waals surface area (Å²) in [5.74, 6) is 1.50. The van der Waals surface area contributed by atoms with Crippen LogP contribution in [0.15, 0.2) is 101 Å². The lowest BCUT2D eigenvalue weighted by Crippen LogP contribution is -2.37. The molecule has 0 N–H and O–H groups in total. The molecule has 0 aliphatic carbocycles. The van der Waals surface area contributed by atoms with E-state index in [2.05, 4.69) is 170 Å². The molecule has 48 heavy (non-hydrogen) atoms. The van der Waals surface area contributed by atoms with E-state index < -0.39 is 8.07 Å². The van der Waals surface area contributed by atoms with Crippen molar-refractivity contribution in [2.24, 2.45) is 0 Å². The van der Waals surface area contributed by atoms with Crippen LogP contribution in [0, 0.1) is 0 Å². The van der Waals surface area contributed by atoms with E-state index in [0.29, 0.717) is 11.8 Å². The molecule has 0 fully saturated rings. The number of nitrogens with zero attached hydrogens (tertiary/aromatic N) is 2. The van der Waals surface area contributed by atoms with Crippen LogP contribution in [0.5, 0.6) is 0 Å². The van der Waals surface area contributed by atoms with Gasteiger partial charge in [-0.3, -0.25) is 4.57 Å². The molecule has 0 spiro atoms. The quantitative estimate of drug-likeness (QED) is 0.168. The van der Waals surface area contributed by atoms with Crippen molar-refractivity contribution in [3.05, 3.63) is 114 Å². The molecule has 0 radical (unpaired) electrons. The molecule has 5 aromatic carbocycles. The first-order valence-corrected chi connectivity index (χ1v) is 21.0. The lowest BCUT2D eigenvalue weighted by Gasteiger charge is -2.24. The highest BCUT2D eigenvalue weighted by Gasteiger charge is 2.27. The number of imidazole rings is 1. The normalized spacial score (nSPS) is 12.8. The molecular formula is C44H48N2OSi. The van der Waals surface area contributed by atoms with Gasteiger partial charge >= 0.3 is 0 Å². The Balaban J connectivity index is 1.53. The summed E-state index contributed by atoms with van der Waals surface area (Å²) in [5, 5.41) is 3.82. The van der Waals surface area contributed by atoms with Crippen LogP contribution in [0.25, 0.3) is 61.2 Å². The molecular weight excluding hydrogens is 601 g/mol. The first kappa shape index (κ1) is 32.1. The zero-order chi connectivity index (χ0) is 34.1. The Hall–Kier alpha value is -4.41. The third kappa shape index (κ3) is 5.40. The molecule has 2 aromatic heterocycles. The average molecular weight is 649 g/mol. The smallest absolute Gasteiger partial charge is 0.149 e. The van der Waals surface area contributed by atoms with E-state index in [9.17, 15) is 0 Å². The molecule has 0 atom stereocenters. The first-order valence-electron chi connectivity index (χ1n) is 17.5. The van der Waals surface area contributed by atoms with Gasteiger partial charge in [0.25, 0.3) is 0 Å². The molecule has 7 aromatic rings. The van der Waals surface area contributed by atoms with E-state index in [-0.39, 0.29) is 5.41 Å². The fourth-order valence-electron chi connectivity index (χ4n) is 7.23. The molecule has 0 saturated carbocycles. The largest absolute Gasteiger partial charge is 0.455 e. The zero-order valence-corrected chi connectivity index (χ0v) is 31.2. The highest BCUT2D eigenvalue weighted by Crippen LogP contribution is 2.44. The second kappa shape index (κ2) is 11.6. The maximum absolute atomic E-state index is 6.78. The summed E-state index contributed by atoms with van der Waals surface area (Å²) in [5.41, 5.74) is 12.6. The molecule has 2 heterocycles. The van der Waals surface area contributed by atoms with Crippen LogP contribution in [-0.4, -0.2) is 17.6 Å². The van der Waals surface area contributed by atoms with Crippen LogP contribution in [0.3, 0.4) is 0 Å². The summed E-state index contributed by atoms with van der Waals surface area (Å²) in [6, 6.07) is 35.7. The molecule has 244 valence electrons. The summed E-state index contributed by atoms with van der Waals surface area (Å²) < 4.78 is 9.20. The lowest BCUT2D eigenvalue weighted by atomic mass is 9.84. The maximum Gasteiger partial charge on any atom is 0.149 e. The van der Waals surface area contributed by atoms with E-state index >= 15 is 0 Å². The van der Waals surface area contributed by atoms with Crippen molar-refractivity contribution in [2.45, 2.75) is 85.4 Å². The minimum atomic E-state index is -1.39. The van der Waals surface area contributed by atoms with Gasteiger partial charge in [-0.15, -0.1) is 0 Å². The molecule has 3 nitrogen and oxygen atoms in total. The molecule has 4 heteroatoms. The van der Waals surface area contributed by atoms with Gasteiger partial charge in [0.15, 0.2) is 0 Å². The topological polar surface area (TPSA) is 31.0 Å². The Morgan fingerprint density at radius 3 is 1.98 bits per heavy atom. The molecule has 7 rings (SSSR count). The summed E-state index contributed by atoms with van der Waals surface area (Å²) in [4.78, 5) is 5.37. The average Bonchev–Trinajstić information content (AvgIpc) is 3.62. The predicted molar refractivity (Wildman–Crippen MR) is 209 cm³/mol. The Bertz CT molecular complexity index is 2270. The minimum Gasteiger partial charge on any atom is -0.455 e. The van der Waals surface area contributed by atoms with E-state index in [1.807, 2.05) is 0 Å². The zero-order valence-electron chi connectivity index (χ0n) is 30.2. The van der Waals surface area contributed by atoms with E-state index in [1.165, 1.54) is 44.1 Å². The second-order valence-corrected chi connectivity index (χ2v) is 21.2. The van der Waals surface area contributed by atoms with Crippen molar-refractivity contribution in [1.29, 1.82) is 0 Å². The third-order valence-electron chi connectivity index (χ3n) is 9.85. The van der Waals surface area contributed by atoms with Crippen LogP contribution in [0.2, 0.25) is 19.6 Å². The Labute approximate surface area is 286 Å². The van der Waals surface area contributed by atoms with Crippen molar-refractivity contribution in [3.63, 3.8) is 0 Å². The Morgan fingerprint density at radius 2 is 1.35 bits per heavy atom. The molecule has 0 amide bonds. The van der Waals surface area contributed by atoms with Crippen molar-refractivity contribution >= 4 is 46.2 Å². The molecule has 0 aliphatic rings. The van der Waals surface area contributed by atoms with Crippen molar-refractivity contribution in [3.8, 4) is 28.2 Å². The molecule has 0 unspecified atom stereocenters. The number of fused-ring (bicyclic) bond motifs is 4. The summed E-state index contributed by atoms with van der Waals surface area (Å²) >= 11 is 0. The minimum absolute atomic E-state index is 0.0193. The van der Waals surface area contributed by atoms with Gasteiger partial charge in [0, 0.05) is 10.8 Å². The van der Waals surface area contributed by atoms with Gasteiger partial charge in [-0.25, -0.2) is 4.98 Å². The van der Waals surface area contributed by atoms with Crippen molar-refractivity contribution in [2.75, 3.05) is 0 Å². The number of hydrogen-bond donors (Lipinski definition) is 0. The van der Waals surface area contributed by atoms with Crippen molar-refractivity contribution in [1.82, 2.24) is 9.55 Å². The monoisotopic (exact) mass is 648 g/mol. The highest BCUT2D eigenvalue weighted by atomic mass is 28.3. The maximum atomic E-state index is 6.78. The summed E-state index contributed by atoms with van der Waals surface area (Å²) in [6.07, 6.45) is 0. The van der Waals surface area contributed by atoms with Crippen LogP contribution >= 0.6 is 0 Å². The van der Waals surface area contributed by atoms with E-state index in [1.54, 1.807) is 0 Å².